The number of anilines is 1. The first-order valence-electron chi connectivity index (χ1n) is 11.3. The Morgan fingerprint density at radius 2 is 1.71 bits per heavy atom. The molecule has 1 aliphatic rings. The number of H-pyrrole nitrogens is 1. The number of imidazole rings is 1. The van der Waals surface area contributed by atoms with Gasteiger partial charge >= 0.3 is 11.9 Å². The number of fused-ring (bicyclic) bond motifs is 1. The predicted octanol–water partition coefficient (Wildman–Crippen LogP) is 3.61. The number of aliphatic hydroxyl groups excluding tert-OH is 1. The summed E-state index contributed by atoms with van der Waals surface area (Å²) in [7, 11) is 2.86. The van der Waals surface area contributed by atoms with Crippen molar-refractivity contribution in [3.63, 3.8) is 0 Å². The molecule has 1 amide bonds. The van der Waals surface area contributed by atoms with Crippen LogP contribution in [0.1, 0.15) is 27.5 Å². The van der Waals surface area contributed by atoms with Gasteiger partial charge in [-0.3, -0.25) is 14.5 Å². The van der Waals surface area contributed by atoms with E-state index in [-0.39, 0.29) is 34.1 Å². The number of ether oxygens (including phenoxy) is 2. The molecule has 38 heavy (non-hydrogen) atoms. The number of phenols is 1. The molecule has 0 bridgehead atoms. The topological polar surface area (TPSA) is 162 Å². The van der Waals surface area contributed by atoms with Gasteiger partial charge in [0.2, 0.25) is 5.95 Å². The molecule has 4 aromatic rings. The van der Waals surface area contributed by atoms with Crippen LogP contribution in [0.2, 0.25) is 0 Å². The third-order valence-electron chi connectivity index (χ3n) is 6.26. The fourth-order valence-corrected chi connectivity index (χ4v) is 4.41. The van der Waals surface area contributed by atoms with Gasteiger partial charge in [0.1, 0.15) is 23.0 Å². The number of benzene rings is 3. The quantitative estimate of drug-likeness (QED) is 0.171. The highest BCUT2D eigenvalue weighted by Crippen LogP contribution is 2.43. The zero-order valence-corrected chi connectivity index (χ0v) is 20.1. The van der Waals surface area contributed by atoms with Crippen molar-refractivity contribution >= 4 is 40.4 Å². The Balaban J connectivity index is 1.72. The Morgan fingerprint density at radius 3 is 2.37 bits per heavy atom. The molecule has 0 radical (unpaired) electrons. The van der Waals surface area contributed by atoms with E-state index in [0.717, 1.165) is 4.90 Å². The second-order valence-electron chi connectivity index (χ2n) is 8.42. The van der Waals surface area contributed by atoms with E-state index in [1.807, 2.05) is 0 Å². The molecular weight excluding hydrogens is 494 g/mol. The molecule has 192 valence electrons. The number of carbonyl (C=O) groups excluding carboxylic acids is 2. The fraction of sp³-hybridized carbons (Fsp3) is 0.111. The first-order chi connectivity index (χ1) is 18.2. The molecule has 3 aromatic carbocycles. The van der Waals surface area contributed by atoms with Gasteiger partial charge in [-0.05, 0) is 48.0 Å². The number of amides is 1. The second-order valence-corrected chi connectivity index (χ2v) is 8.42. The van der Waals surface area contributed by atoms with E-state index < -0.39 is 29.5 Å². The van der Waals surface area contributed by atoms with Gasteiger partial charge < -0.3 is 29.8 Å². The Bertz CT molecular complexity index is 1640. The Labute approximate surface area is 215 Å². The predicted molar refractivity (Wildman–Crippen MR) is 135 cm³/mol. The molecule has 11 nitrogen and oxygen atoms in total. The van der Waals surface area contributed by atoms with Gasteiger partial charge in [-0.1, -0.05) is 12.1 Å². The van der Waals surface area contributed by atoms with Crippen LogP contribution in [0.3, 0.4) is 0 Å². The molecule has 4 N–H and O–H groups in total. The number of carboxylic acids is 1. The molecule has 11 heteroatoms. The maximum atomic E-state index is 13.4. The molecule has 2 heterocycles. The van der Waals surface area contributed by atoms with Crippen LogP contribution in [0.4, 0.5) is 5.95 Å². The molecule has 1 fully saturated rings. The van der Waals surface area contributed by atoms with Crippen molar-refractivity contribution in [3.8, 4) is 17.2 Å². The van der Waals surface area contributed by atoms with E-state index in [9.17, 15) is 29.7 Å². The summed E-state index contributed by atoms with van der Waals surface area (Å²) >= 11 is 0. The molecule has 0 spiro atoms. The highest BCUT2D eigenvalue weighted by Gasteiger charge is 2.48. The maximum absolute atomic E-state index is 13.4. The molecule has 1 atom stereocenters. The lowest BCUT2D eigenvalue weighted by Gasteiger charge is -2.23. The first-order valence-corrected chi connectivity index (χ1v) is 11.3. The van der Waals surface area contributed by atoms with Crippen molar-refractivity contribution in [3.05, 3.63) is 82.9 Å². The summed E-state index contributed by atoms with van der Waals surface area (Å²) in [5.41, 5.74) is 1.05. The summed E-state index contributed by atoms with van der Waals surface area (Å²) in [5.74, 6) is -2.94. The number of rotatable bonds is 6. The summed E-state index contributed by atoms with van der Waals surface area (Å²) in [6, 6.07) is 13.5. The molecular formula is C27H21N3O8. The smallest absolute Gasteiger partial charge is 0.335 e. The van der Waals surface area contributed by atoms with Gasteiger partial charge in [0.05, 0.1) is 48.0 Å². The van der Waals surface area contributed by atoms with Crippen LogP contribution < -0.4 is 14.4 Å². The zero-order valence-electron chi connectivity index (χ0n) is 20.1. The molecule has 0 aliphatic carbocycles. The number of aromatic nitrogens is 2. The zero-order chi connectivity index (χ0) is 27.1. The fourth-order valence-electron chi connectivity index (χ4n) is 4.41. The summed E-state index contributed by atoms with van der Waals surface area (Å²) in [4.78, 5) is 46.6. The van der Waals surface area contributed by atoms with Crippen molar-refractivity contribution < 1.29 is 39.2 Å². The van der Waals surface area contributed by atoms with Crippen LogP contribution in [-0.2, 0) is 9.59 Å². The lowest BCUT2D eigenvalue weighted by molar-refractivity contribution is -0.132. The number of ketones is 1. The summed E-state index contributed by atoms with van der Waals surface area (Å²) in [6.45, 7) is 0. The summed E-state index contributed by atoms with van der Waals surface area (Å²) in [5, 5.41) is 30.5. The molecule has 1 aliphatic heterocycles. The molecule has 1 unspecified atom stereocenters. The second kappa shape index (κ2) is 9.28. The number of hydrogen-bond donors (Lipinski definition) is 4. The minimum Gasteiger partial charge on any atom is -0.508 e. The summed E-state index contributed by atoms with van der Waals surface area (Å²) in [6.07, 6.45) is 0. The number of nitrogens with zero attached hydrogens (tertiary/aromatic N) is 2. The SMILES string of the molecule is COc1ccc(/C(O)=C2\C(=O)C(=O)N(c3nc4ccc(C(=O)O)cc4[nH]3)C2c2ccc(O)cc2)c(OC)c1. The van der Waals surface area contributed by atoms with Crippen molar-refractivity contribution in [2.24, 2.45) is 0 Å². The van der Waals surface area contributed by atoms with Crippen molar-refractivity contribution in [1.29, 1.82) is 0 Å². The minimum atomic E-state index is -1.14. The number of phenolic OH excluding ortho intramolecular Hbond substituents is 1. The van der Waals surface area contributed by atoms with Crippen LogP contribution in [0.5, 0.6) is 17.2 Å². The third-order valence-corrected chi connectivity index (χ3v) is 6.26. The van der Waals surface area contributed by atoms with E-state index in [1.54, 1.807) is 6.07 Å². The highest BCUT2D eigenvalue weighted by atomic mass is 16.5. The van der Waals surface area contributed by atoms with Gasteiger partial charge in [0.15, 0.2) is 0 Å². The maximum Gasteiger partial charge on any atom is 0.335 e. The van der Waals surface area contributed by atoms with E-state index in [1.165, 1.54) is 68.8 Å². The number of carboxylic acid groups (broad SMARTS) is 1. The van der Waals surface area contributed by atoms with Crippen LogP contribution in [0, 0.1) is 0 Å². The molecule has 1 aromatic heterocycles. The molecule has 0 saturated carbocycles. The molecule has 5 rings (SSSR count). The van der Waals surface area contributed by atoms with Crippen molar-refractivity contribution in [1.82, 2.24) is 9.97 Å². The van der Waals surface area contributed by atoms with Crippen LogP contribution in [0.15, 0.2) is 66.2 Å². The largest absolute Gasteiger partial charge is 0.508 e. The van der Waals surface area contributed by atoms with Crippen LogP contribution >= 0.6 is 0 Å². The minimum absolute atomic E-state index is 0.0106. The molecule has 1 saturated heterocycles. The van der Waals surface area contributed by atoms with Crippen LogP contribution in [0.25, 0.3) is 16.8 Å². The number of hydrogen-bond acceptors (Lipinski definition) is 8. The van der Waals surface area contributed by atoms with Gasteiger partial charge in [-0.25, -0.2) is 9.78 Å². The van der Waals surface area contributed by atoms with Crippen LogP contribution in [-0.4, -0.2) is 57.2 Å². The number of methoxy groups -OCH3 is 2. The van der Waals surface area contributed by atoms with E-state index >= 15 is 0 Å². The Hall–Kier alpha value is -5.32. The Morgan fingerprint density at radius 1 is 0.974 bits per heavy atom. The summed E-state index contributed by atoms with van der Waals surface area (Å²) < 4.78 is 10.6. The monoisotopic (exact) mass is 515 g/mol. The number of carbonyl (C=O) groups is 3. The van der Waals surface area contributed by atoms with Gasteiger partial charge in [0.25, 0.3) is 5.78 Å². The van der Waals surface area contributed by atoms with Gasteiger partial charge in [0, 0.05) is 6.07 Å². The van der Waals surface area contributed by atoms with Gasteiger partial charge in [-0.15, -0.1) is 0 Å². The number of Topliss-reactive ketones (excluding diaryl/α,β-unsaturated/α-hetero) is 1. The lowest BCUT2D eigenvalue weighted by atomic mass is 9.95. The van der Waals surface area contributed by atoms with Crippen molar-refractivity contribution in [2.45, 2.75) is 6.04 Å². The average molecular weight is 515 g/mol. The van der Waals surface area contributed by atoms with Gasteiger partial charge in [-0.2, -0.15) is 0 Å². The van der Waals surface area contributed by atoms with E-state index in [2.05, 4.69) is 9.97 Å². The van der Waals surface area contributed by atoms with E-state index in [0.29, 0.717) is 22.3 Å². The number of aromatic amines is 1. The third kappa shape index (κ3) is 3.95. The number of nitrogens with one attached hydrogen (secondary N) is 1. The number of aromatic carboxylic acids is 1. The first kappa shape index (κ1) is 24.4. The van der Waals surface area contributed by atoms with E-state index in [4.69, 9.17) is 9.47 Å². The highest BCUT2D eigenvalue weighted by molar-refractivity contribution is 6.51. The number of aromatic hydroxyl groups is 1. The lowest BCUT2D eigenvalue weighted by Crippen LogP contribution is -2.30. The number of aliphatic hydroxyl groups is 1. The Kier molecular flexibility index (Phi) is 5.95. The average Bonchev–Trinajstić information content (AvgIpc) is 3.45. The normalized spacial score (nSPS) is 16.7. The standard InChI is InChI=1S/C27H21N3O8/c1-37-16-8-9-17(20(12-16)38-2)23(32)21-22(13-3-6-15(31)7-4-13)30(25(34)24(21)33)27-28-18-10-5-14(26(35)36)11-19(18)29-27/h3-12,22,31-32H,1-2H3,(H,28,29)(H,35,36)/b23-21+. The van der Waals surface area contributed by atoms with Crippen molar-refractivity contribution in [2.75, 3.05) is 19.1 Å².